The second kappa shape index (κ2) is 13.0. The summed E-state index contributed by atoms with van der Waals surface area (Å²) in [7, 11) is 0. The molecule has 3 nitrogen and oxygen atoms in total. The highest BCUT2D eigenvalue weighted by molar-refractivity contribution is 7.25. The van der Waals surface area contributed by atoms with Gasteiger partial charge in [0.25, 0.3) is 0 Å². The van der Waals surface area contributed by atoms with E-state index in [2.05, 4.69) is 228 Å². The van der Waals surface area contributed by atoms with E-state index in [4.69, 9.17) is 4.74 Å². The molecule has 10 aromatic carbocycles. The van der Waals surface area contributed by atoms with Crippen LogP contribution in [0.25, 0.3) is 69.6 Å². The summed E-state index contributed by atoms with van der Waals surface area (Å²) in [6.45, 7) is 0. The van der Waals surface area contributed by atoms with Crippen molar-refractivity contribution in [3.63, 3.8) is 0 Å². The normalized spacial score (nSPS) is 13.3. The predicted octanol–water partition coefficient (Wildman–Crippen LogP) is 16.2. The Kier molecular flexibility index (Phi) is 7.20. The van der Waals surface area contributed by atoms with Crippen molar-refractivity contribution in [2.75, 3.05) is 4.90 Å². The molecule has 0 N–H and O–H groups in total. The lowest BCUT2D eigenvalue weighted by Crippen LogP contribution is -2.36. The third kappa shape index (κ3) is 4.79. The molecule has 1 aliphatic carbocycles. The van der Waals surface area contributed by atoms with E-state index >= 15 is 0 Å². The Morgan fingerprint density at radius 3 is 1.89 bits per heavy atom. The lowest BCUT2D eigenvalue weighted by atomic mass is 9.58. The van der Waals surface area contributed by atoms with Crippen LogP contribution in [0.4, 0.5) is 17.1 Å². The Hall–Kier alpha value is -7.92. The quantitative estimate of drug-likeness (QED) is 0.176. The van der Waals surface area contributed by atoms with Gasteiger partial charge in [-0.2, -0.15) is 0 Å². The van der Waals surface area contributed by atoms with Crippen LogP contribution in [0.15, 0.2) is 218 Å². The third-order valence-corrected chi connectivity index (χ3v) is 14.8. The molecule has 0 saturated heterocycles. The lowest BCUT2D eigenvalue weighted by Gasteiger charge is -2.45. The number of benzene rings is 10. The fourth-order valence-electron chi connectivity index (χ4n) is 11.1. The van der Waals surface area contributed by atoms with Crippen LogP contribution in [0, 0.1) is 0 Å². The average Bonchev–Trinajstić information content (AvgIpc) is 3.88. The first-order valence-corrected chi connectivity index (χ1v) is 22.4. The molecular weight excluding hydrogens is 785 g/mol. The molecule has 1 aliphatic heterocycles. The van der Waals surface area contributed by atoms with Crippen molar-refractivity contribution >= 4 is 81.1 Å². The van der Waals surface area contributed by atoms with Crippen molar-refractivity contribution < 1.29 is 4.74 Å². The third-order valence-electron chi connectivity index (χ3n) is 13.6. The number of ether oxygens (including phenoxy) is 1. The summed E-state index contributed by atoms with van der Waals surface area (Å²) in [5, 5.41) is 7.57. The highest BCUT2D eigenvalue weighted by atomic mass is 32.1. The first kappa shape index (κ1) is 34.8. The summed E-state index contributed by atoms with van der Waals surface area (Å²) < 4.78 is 11.8. The van der Waals surface area contributed by atoms with Gasteiger partial charge in [0.1, 0.15) is 11.5 Å². The molecular formula is C59H36N2OS. The van der Waals surface area contributed by atoms with Crippen LogP contribution in [0.3, 0.4) is 0 Å². The van der Waals surface area contributed by atoms with Crippen molar-refractivity contribution in [3.8, 4) is 28.3 Å². The standard InChI is InChI=1S/C59H36N2OS/c1-2-16-38(17-3-1)60(39-29-32-53-46(34-39)43-18-4-8-24-52(43)61(53)40-30-33-57-47(35-40)44-19-5-11-27-56(44)63-57)41-28-31-42-45-20-12-14-37-15-13-23-50(58(37)45)59(51(42)36-41)48-21-6-9-25-54(48)62-55-26-10-7-22-49(55)59/h1-36H. The van der Waals surface area contributed by atoms with Crippen molar-refractivity contribution in [1.29, 1.82) is 0 Å². The summed E-state index contributed by atoms with van der Waals surface area (Å²) >= 11 is 1.86. The Bertz CT molecular complexity index is 3810. The second-order valence-electron chi connectivity index (χ2n) is 16.8. The molecule has 14 rings (SSSR count). The van der Waals surface area contributed by atoms with E-state index in [1.165, 1.54) is 75.0 Å². The summed E-state index contributed by atoms with van der Waals surface area (Å²) in [6.07, 6.45) is 0. The minimum Gasteiger partial charge on any atom is -0.457 e. The predicted molar refractivity (Wildman–Crippen MR) is 263 cm³/mol. The fourth-order valence-corrected chi connectivity index (χ4v) is 12.2. The van der Waals surface area contributed by atoms with Gasteiger partial charge in [-0.25, -0.2) is 0 Å². The molecule has 1 spiro atoms. The largest absolute Gasteiger partial charge is 0.457 e. The minimum absolute atomic E-state index is 0.640. The van der Waals surface area contributed by atoms with Crippen LogP contribution < -0.4 is 9.64 Å². The van der Waals surface area contributed by atoms with E-state index in [1.807, 2.05) is 11.3 Å². The maximum absolute atomic E-state index is 6.75. The fraction of sp³-hybridized carbons (Fsp3) is 0.0169. The van der Waals surface area contributed by atoms with Crippen molar-refractivity contribution in [2.24, 2.45) is 0 Å². The number of aromatic nitrogens is 1. The van der Waals surface area contributed by atoms with E-state index in [0.29, 0.717) is 0 Å². The smallest absolute Gasteiger partial charge is 0.132 e. The molecule has 2 aliphatic rings. The number of fused-ring (bicyclic) bond motifs is 14. The number of nitrogens with zero attached hydrogens (tertiary/aromatic N) is 2. The number of anilines is 3. The molecule has 0 bridgehead atoms. The molecule has 0 fully saturated rings. The minimum atomic E-state index is -0.640. The molecule has 294 valence electrons. The lowest BCUT2D eigenvalue weighted by molar-refractivity contribution is 0.435. The Balaban J connectivity index is 1.02. The van der Waals surface area contributed by atoms with Crippen LogP contribution in [0.1, 0.15) is 22.3 Å². The van der Waals surface area contributed by atoms with Gasteiger partial charge >= 0.3 is 0 Å². The Morgan fingerprint density at radius 1 is 0.397 bits per heavy atom. The van der Waals surface area contributed by atoms with Gasteiger partial charge in [-0.1, -0.05) is 133 Å². The SMILES string of the molecule is c1ccc(N(c2ccc3c(c2)C2(c4ccccc4Oc4ccccc42)c2cccc4cccc-3c24)c2ccc3c(c2)c2ccccc2n3-c2ccc3sc4ccccc4c3c2)cc1. The summed E-state index contributed by atoms with van der Waals surface area (Å²) in [5.41, 5.74) is 13.5. The molecule has 4 heteroatoms. The Labute approximate surface area is 367 Å². The topological polar surface area (TPSA) is 17.4 Å². The summed E-state index contributed by atoms with van der Waals surface area (Å²) in [6, 6.07) is 80.3. The zero-order chi connectivity index (χ0) is 41.2. The first-order valence-electron chi connectivity index (χ1n) is 21.6. The van der Waals surface area contributed by atoms with Crippen LogP contribution in [0.5, 0.6) is 11.5 Å². The van der Waals surface area contributed by atoms with Gasteiger partial charge in [0.15, 0.2) is 0 Å². The average molecular weight is 821 g/mol. The maximum Gasteiger partial charge on any atom is 0.132 e. The van der Waals surface area contributed by atoms with Gasteiger partial charge in [0.05, 0.1) is 16.4 Å². The number of hydrogen-bond acceptors (Lipinski definition) is 3. The van der Waals surface area contributed by atoms with E-state index in [0.717, 1.165) is 45.4 Å². The van der Waals surface area contributed by atoms with Gasteiger partial charge in [-0.3, -0.25) is 0 Å². The van der Waals surface area contributed by atoms with Gasteiger partial charge < -0.3 is 14.2 Å². The second-order valence-corrected chi connectivity index (χ2v) is 17.9. The maximum atomic E-state index is 6.75. The van der Waals surface area contributed by atoms with E-state index in [9.17, 15) is 0 Å². The summed E-state index contributed by atoms with van der Waals surface area (Å²) in [4.78, 5) is 2.43. The van der Waals surface area contributed by atoms with Crippen molar-refractivity contribution in [3.05, 3.63) is 241 Å². The van der Waals surface area contributed by atoms with E-state index < -0.39 is 5.41 Å². The molecule has 63 heavy (non-hydrogen) atoms. The molecule has 0 radical (unpaired) electrons. The monoisotopic (exact) mass is 820 g/mol. The van der Waals surface area contributed by atoms with Crippen LogP contribution >= 0.6 is 11.3 Å². The van der Waals surface area contributed by atoms with Gasteiger partial charge in [-0.05, 0) is 118 Å². The molecule has 0 amide bonds. The zero-order valence-corrected chi connectivity index (χ0v) is 34.8. The van der Waals surface area contributed by atoms with Gasteiger partial charge in [0, 0.05) is 64.8 Å². The molecule has 0 saturated carbocycles. The van der Waals surface area contributed by atoms with E-state index in [-0.39, 0.29) is 0 Å². The van der Waals surface area contributed by atoms with Gasteiger partial charge in [-0.15, -0.1) is 11.3 Å². The number of hydrogen-bond donors (Lipinski definition) is 0. The molecule has 0 unspecified atom stereocenters. The molecule has 2 aromatic heterocycles. The van der Waals surface area contributed by atoms with Crippen molar-refractivity contribution in [2.45, 2.75) is 5.41 Å². The summed E-state index contributed by atoms with van der Waals surface area (Å²) in [5.74, 6) is 1.77. The van der Waals surface area contributed by atoms with E-state index in [1.54, 1.807) is 0 Å². The number of thiophene rings is 1. The zero-order valence-electron chi connectivity index (χ0n) is 34.0. The van der Waals surface area contributed by atoms with Crippen LogP contribution in [0.2, 0.25) is 0 Å². The highest BCUT2D eigenvalue weighted by Crippen LogP contribution is 2.61. The molecule has 0 atom stereocenters. The van der Waals surface area contributed by atoms with Gasteiger partial charge in [0.2, 0.25) is 0 Å². The first-order chi connectivity index (χ1) is 31.2. The van der Waals surface area contributed by atoms with Crippen LogP contribution in [-0.2, 0) is 5.41 Å². The van der Waals surface area contributed by atoms with Crippen LogP contribution in [-0.4, -0.2) is 4.57 Å². The molecule has 12 aromatic rings. The Morgan fingerprint density at radius 2 is 1.05 bits per heavy atom. The number of para-hydroxylation sites is 4. The molecule has 3 heterocycles. The number of rotatable bonds is 4. The highest BCUT2D eigenvalue weighted by Gasteiger charge is 2.49. The van der Waals surface area contributed by atoms with Crippen molar-refractivity contribution in [1.82, 2.24) is 4.57 Å².